The van der Waals surface area contributed by atoms with E-state index < -0.39 is 0 Å². The Morgan fingerprint density at radius 1 is 1.08 bits per heavy atom. The summed E-state index contributed by atoms with van der Waals surface area (Å²) >= 11 is 11.6. The predicted octanol–water partition coefficient (Wildman–Crippen LogP) is 7.22. The van der Waals surface area contributed by atoms with Crippen molar-refractivity contribution in [2.24, 2.45) is 5.92 Å². The summed E-state index contributed by atoms with van der Waals surface area (Å²) in [6, 6.07) is 15.4. The van der Waals surface area contributed by atoms with Crippen molar-refractivity contribution in [2.75, 3.05) is 6.54 Å². The first-order valence-electron chi connectivity index (χ1n) is 8.21. The maximum Gasteiger partial charge on any atom is 0.159 e. The van der Waals surface area contributed by atoms with Crippen LogP contribution in [0.5, 0.6) is 0 Å². The number of nitrogens with one attached hydrogen (secondary N) is 1. The van der Waals surface area contributed by atoms with E-state index in [-0.39, 0.29) is 20.6 Å². The van der Waals surface area contributed by atoms with Crippen LogP contribution < -0.4 is 5.32 Å². The molecule has 0 amide bonds. The van der Waals surface area contributed by atoms with Crippen LogP contribution in [-0.4, -0.2) is 12.3 Å². The van der Waals surface area contributed by atoms with Crippen molar-refractivity contribution in [3.05, 3.63) is 69.7 Å². The lowest BCUT2D eigenvalue weighted by atomic mass is 10.1. The fourth-order valence-corrected chi connectivity index (χ4v) is 2.66. The van der Waals surface area contributed by atoms with Gasteiger partial charge in [-0.1, -0.05) is 62.3 Å². The third-order valence-corrected chi connectivity index (χ3v) is 4.46. The Morgan fingerprint density at radius 3 is 2.12 bits per heavy atom. The number of carbonyl (C=O) groups is 1. The molecule has 4 heteroatoms. The molecule has 1 aliphatic rings. The van der Waals surface area contributed by atoms with Gasteiger partial charge in [-0.15, -0.1) is 0 Å². The minimum absolute atomic E-state index is 0. The summed E-state index contributed by atoms with van der Waals surface area (Å²) in [6.45, 7) is 4.85. The van der Waals surface area contributed by atoms with Gasteiger partial charge in [0.25, 0.3) is 0 Å². The second-order valence-corrected chi connectivity index (χ2v) is 7.07. The van der Waals surface area contributed by atoms with Crippen molar-refractivity contribution in [3.63, 3.8) is 0 Å². The van der Waals surface area contributed by atoms with E-state index in [1.54, 1.807) is 24.3 Å². The number of halogens is 2. The van der Waals surface area contributed by atoms with Crippen LogP contribution in [0.3, 0.4) is 0 Å². The third kappa shape index (κ3) is 8.84. The smallest absolute Gasteiger partial charge is 0.159 e. The lowest BCUT2D eigenvalue weighted by Gasteiger charge is -2.13. The molecular weight excluding hydrogens is 365 g/mol. The van der Waals surface area contributed by atoms with E-state index in [4.69, 9.17) is 23.2 Å². The molecule has 2 aromatic rings. The molecule has 26 heavy (non-hydrogen) atoms. The van der Waals surface area contributed by atoms with Crippen LogP contribution in [0.2, 0.25) is 10.0 Å². The van der Waals surface area contributed by atoms with Crippen molar-refractivity contribution in [2.45, 2.75) is 47.6 Å². The molecule has 0 heterocycles. The molecule has 0 aliphatic heterocycles. The molecule has 0 radical (unpaired) electrons. The van der Waals surface area contributed by atoms with Gasteiger partial charge in [0.05, 0.1) is 0 Å². The molecule has 0 bridgehead atoms. The van der Waals surface area contributed by atoms with E-state index in [1.165, 1.54) is 25.3 Å². The highest BCUT2D eigenvalue weighted by atomic mass is 35.5. The van der Waals surface area contributed by atoms with E-state index in [2.05, 4.69) is 18.3 Å². The number of hydrogen-bond donors (Lipinski definition) is 1. The molecule has 2 nitrogen and oxygen atoms in total. The van der Waals surface area contributed by atoms with Gasteiger partial charge in [-0.25, -0.2) is 0 Å². The average molecular weight is 396 g/mol. The summed E-state index contributed by atoms with van der Waals surface area (Å²) in [5.41, 5.74) is 1.94. The minimum atomic E-state index is 0. The summed E-state index contributed by atoms with van der Waals surface area (Å²) in [6.07, 6.45) is 2.80. The Balaban J connectivity index is 0.000000469. The summed E-state index contributed by atoms with van der Waals surface area (Å²) in [5, 5.41) is 4.96. The largest absolute Gasteiger partial charge is 0.310 e. The third-order valence-electron chi connectivity index (χ3n) is 3.99. The highest BCUT2D eigenvalue weighted by Crippen LogP contribution is 2.28. The van der Waals surface area contributed by atoms with Crippen LogP contribution in [-0.2, 0) is 0 Å². The second kappa shape index (κ2) is 12.1. The predicted molar refractivity (Wildman–Crippen MR) is 116 cm³/mol. The Bertz CT molecular complexity index is 683. The van der Waals surface area contributed by atoms with Gasteiger partial charge in [-0.05, 0) is 69.0 Å². The number of benzene rings is 2. The molecule has 1 saturated carbocycles. The van der Waals surface area contributed by atoms with Crippen LogP contribution in [0.15, 0.2) is 48.5 Å². The minimum Gasteiger partial charge on any atom is -0.310 e. The summed E-state index contributed by atoms with van der Waals surface area (Å²) < 4.78 is 0. The zero-order chi connectivity index (χ0) is 17.5. The molecule has 1 fully saturated rings. The Hall–Kier alpha value is -1.35. The zero-order valence-corrected chi connectivity index (χ0v) is 15.6. The number of rotatable bonds is 5. The zero-order valence-electron chi connectivity index (χ0n) is 14.1. The molecule has 144 valence electrons. The lowest BCUT2D eigenvalue weighted by molar-refractivity contribution is 0.101. The fourth-order valence-electron chi connectivity index (χ4n) is 2.27. The molecule has 1 N–H and O–H groups in total. The average Bonchev–Trinajstić information content (AvgIpc) is 3.37. The number of Topliss-reactive ketones (excluding diaryl/α,β-unsaturated/α-hetero) is 1. The van der Waals surface area contributed by atoms with Crippen molar-refractivity contribution < 1.29 is 4.79 Å². The van der Waals surface area contributed by atoms with E-state index in [0.29, 0.717) is 16.6 Å². The van der Waals surface area contributed by atoms with E-state index in [1.807, 2.05) is 18.2 Å². The van der Waals surface area contributed by atoms with Crippen LogP contribution in [0.1, 0.15) is 63.5 Å². The molecular formula is C22H31Cl2NO. The van der Waals surface area contributed by atoms with Gasteiger partial charge in [0.15, 0.2) is 5.78 Å². The molecule has 0 aromatic heterocycles. The van der Waals surface area contributed by atoms with Gasteiger partial charge < -0.3 is 5.32 Å². The van der Waals surface area contributed by atoms with Crippen molar-refractivity contribution in [1.29, 1.82) is 0 Å². The maximum absolute atomic E-state index is 10.7. The maximum atomic E-state index is 10.7. The SMILES string of the molecule is C.C.CC(=O)c1cccc(Cl)c1.CC(NCC1CC1)c1cccc(Cl)c1. The van der Waals surface area contributed by atoms with Crippen LogP contribution in [0.25, 0.3) is 0 Å². The van der Waals surface area contributed by atoms with E-state index in [9.17, 15) is 4.79 Å². The van der Waals surface area contributed by atoms with E-state index in [0.717, 1.165) is 17.5 Å². The Morgan fingerprint density at radius 2 is 1.65 bits per heavy atom. The van der Waals surface area contributed by atoms with Crippen LogP contribution >= 0.6 is 23.2 Å². The monoisotopic (exact) mass is 395 g/mol. The van der Waals surface area contributed by atoms with Crippen molar-refractivity contribution in [3.8, 4) is 0 Å². The summed E-state index contributed by atoms with van der Waals surface area (Å²) in [4.78, 5) is 10.7. The molecule has 1 aliphatic carbocycles. The van der Waals surface area contributed by atoms with Gasteiger partial charge in [0, 0.05) is 21.7 Å². The van der Waals surface area contributed by atoms with E-state index >= 15 is 0 Å². The van der Waals surface area contributed by atoms with Crippen LogP contribution in [0.4, 0.5) is 0 Å². The number of hydrogen-bond acceptors (Lipinski definition) is 2. The van der Waals surface area contributed by atoms with Gasteiger partial charge in [0.2, 0.25) is 0 Å². The first kappa shape index (κ1) is 24.7. The van der Waals surface area contributed by atoms with Crippen molar-refractivity contribution in [1.82, 2.24) is 5.32 Å². The Kier molecular flexibility index (Phi) is 11.5. The highest BCUT2D eigenvalue weighted by Gasteiger charge is 2.21. The van der Waals surface area contributed by atoms with Gasteiger partial charge >= 0.3 is 0 Å². The number of carbonyl (C=O) groups excluding carboxylic acids is 1. The quantitative estimate of drug-likeness (QED) is 0.541. The van der Waals surface area contributed by atoms with Gasteiger partial charge in [-0.3, -0.25) is 4.79 Å². The first-order valence-corrected chi connectivity index (χ1v) is 8.96. The fraction of sp³-hybridized carbons (Fsp3) is 0.409. The molecule has 1 atom stereocenters. The molecule has 3 rings (SSSR count). The first-order chi connectivity index (χ1) is 11.5. The summed E-state index contributed by atoms with van der Waals surface area (Å²) in [5.74, 6) is 0.971. The molecule has 2 aromatic carbocycles. The topological polar surface area (TPSA) is 29.1 Å². The lowest BCUT2D eigenvalue weighted by Crippen LogP contribution is -2.20. The van der Waals surface area contributed by atoms with Crippen LogP contribution in [0, 0.1) is 5.92 Å². The van der Waals surface area contributed by atoms with Gasteiger partial charge in [-0.2, -0.15) is 0 Å². The molecule has 0 spiro atoms. The standard InChI is InChI=1S/C12H16ClN.C8H7ClO.2CH4/c1-9(14-8-10-5-6-10)11-3-2-4-12(13)7-11;1-6(10)7-3-2-4-8(9)5-7;;/h2-4,7,9-10,14H,5-6,8H2,1H3;2-5H,1H3;2*1H4. The second-order valence-electron chi connectivity index (χ2n) is 6.19. The normalized spacial score (nSPS) is 13.4. The highest BCUT2D eigenvalue weighted by molar-refractivity contribution is 6.31. The number of ketones is 1. The van der Waals surface area contributed by atoms with Gasteiger partial charge in [0.1, 0.15) is 0 Å². The van der Waals surface area contributed by atoms with Crippen molar-refractivity contribution >= 4 is 29.0 Å². The Labute approximate surface area is 168 Å². The molecule has 1 unspecified atom stereocenters. The summed E-state index contributed by atoms with van der Waals surface area (Å²) in [7, 11) is 0. The molecule has 0 saturated heterocycles.